The number of carbonyl (C=O) groups excluding carboxylic acids is 1. The molecule has 0 aliphatic carbocycles. The second kappa shape index (κ2) is 8.47. The van der Waals surface area contributed by atoms with Crippen LogP contribution in [0.2, 0.25) is 0 Å². The molecule has 6 heteroatoms. The highest BCUT2D eigenvalue weighted by Gasteiger charge is 2.26. The molecule has 0 bridgehead atoms. The summed E-state index contributed by atoms with van der Waals surface area (Å²) in [5, 5.41) is 2.83. The van der Waals surface area contributed by atoms with Gasteiger partial charge in [0.25, 0.3) is 0 Å². The van der Waals surface area contributed by atoms with Crippen molar-refractivity contribution in [1.29, 1.82) is 0 Å². The van der Waals surface area contributed by atoms with Gasteiger partial charge in [0.05, 0.1) is 4.90 Å². The Bertz CT molecular complexity index is 859. The molecule has 140 valence electrons. The quantitative estimate of drug-likeness (QED) is 0.777. The molecule has 0 saturated carbocycles. The van der Waals surface area contributed by atoms with Crippen LogP contribution in [0.1, 0.15) is 31.4 Å². The van der Waals surface area contributed by atoms with Gasteiger partial charge in [-0.15, -0.1) is 0 Å². The molecule has 0 aliphatic heterocycles. The zero-order chi connectivity index (χ0) is 19.3. The summed E-state index contributed by atoms with van der Waals surface area (Å²) in [7, 11) is -3.78. The van der Waals surface area contributed by atoms with Crippen molar-refractivity contribution in [3.8, 4) is 0 Å². The summed E-state index contributed by atoms with van der Waals surface area (Å²) in [5.41, 5.74) is 2.58. The lowest BCUT2D eigenvalue weighted by Gasteiger charge is -2.21. The van der Waals surface area contributed by atoms with Crippen molar-refractivity contribution in [2.24, 2.45) is 5.92 Å². The molecular weight excluding hydrogens is 348 g/mol. The van der Waals surface area contributed by atoms with E-state index in [2.05, 4.69) is 10.0 Å². The fraction of sp³-hybridized carbons (Fsp3) is 0.350. The van der Waals surface area contributed by atoms with Crippen LogP contribution in [0, 0.1) is 19.8 Å². The van der Waals surface area contributed by atoms with Crippen molar-refractivity contribution in [2.75, 3.05) is 5.32 Å². The third-order valence-corrected chi connectivity index (χ3v) is 5.54. The van der Waals surface area contributed by atoms with Crippen LogP contribution < -0.4 is 10.0 Å². The number of amides is 1. The zero-order valence-electron chi connectivity index (χ0n) is 15.6. The number of para-hydroxylation sites is 1. The van der Waals surface area contributed by atoms with Crippen molar-refractivity contribution >= 4 is 21.6 Å². The molecule has 0 fully saturated rings. The summed E-state index contributed by atoms with van der Waals surface area (Å²) in [6.45, 7) is 7.69. The highest BCUT2D eigenvalue weighted by atomic mass is 32.2. The number of carbonyl (C=O) groups is 1. The van der Waals surface area contributed by atoms with Gasteiger partial charge in [-0.25, -0.2) is 8.42 Å². The summed E-state index contributed by atoms with van der Waals surface area (Å²) in [6.07, 6.45) is 0.406. The molecule has 1 unspecified atom stereocenters. The summed E-state index contributed by atoms with van der Waals surface area (Å²) >= 11 is 0. The van der Waals surface area contributed by atoms with E-state index in [0.717, 1.165) is 11.1 Å². The molecule has 0 aromatic heterocycles. The summed E-state index contributed by atoms with van der Waals surface area (Å²) < 4.78 is 27.9. The Kier molecular flexibility index (Phi) is 6.56. The number of hydrogen-bond donors (Lipinski definition) is 2. The molecule has 0 spiro atoms. The zero-order valence-corrected chi connectivity index (χ0v) is 16.4. The number of hydrogen-bond acceptors (Lipinski definition) is 3. The highest BCUT2D eigenvalue weighted by molar-refractivity contribution is 7.89. The van der Waals surface area contributed by atoms with Gasteiger partial charge in [0.2, 0.25) is 15.9 Å². The molecule has 2 aromatic carbocycles. The lowest BCUT2D eigenvalue weighted by atomic mass is 10.0. The van der Waals surface area contributed by atoms with E-state index < -0.39 is 16.1 Å². The number of aryl methyl sites for hydroxylation is 2. The maximum absolute atomic E-state index is 12.7. The number of sulfonamides is 1. The molecule has 2 rings (SSSR count). The van der Waals surface area contributed by atoms with E-state index in [0.29, 0.717) is 12.1 Å². The van der Waals surface area contributed by atoms with Crippen molar-refractivity contribution in [1.82, 2.24) is 4.72 Å². The van der Waals surface area contributed by atoms with Crippen LogP contribution in [0.15, 0.2) is 53.4 Å². The first-order valence-electron chi connectivity index (χ1n) is 8.64. The molecule has 5 nitrogen and oxygen atoms in total. The lowest BCUT2D eigenvalue weighted by molar-refractivity contribution is -0.118. The average molecular weight is 375 g/mol. The first kappa shape index (κ1) is 20.1. The van der Waals surface area contributed by atoms with E-state index in [1.807, 2.05) is 45.9 Å². The van der Waals surface area contributed by atoms with Gasteiger partial charge in [-0.2, -0.15) is 4.72 Å². The Morgan fingerprint density at radius 1 is 1.00 bits per heavy atom. The van der Waals surface area contributed by atoms with Crippen LogP contribution in [0.25, 0.3) is 0 Å². The molecule has 0 aliphatic rings. The van der Waals surface area contributed by atoms with Crippen LogP contribution in [-0.4, -0.2) is 20.4 Å². The summed E-state index contributed by atoms with van der Waals surface area (Å²) in [4.78, 5) is 12.9. The van der Waals surface area contributed by atoms with Gasteiger partial charge in [-0.1, -0.05) is 49.7 Å². The Hall–Kier alpha value is -2.18. The largest absolute Gasteiger partial charge is 0.324 e. The van der Waals surface area contributed by atoms with Crippen LogP contribution in [-0.2, 0) is 14.8 Å². The molecule has 1 atom stereocenters. The fourth-order valence-corrected chi connectivity index (χ4v) is 3.79. The fourth-order valence-electron chi connectivity index (χ4n) is 2.59. The van der Waals surface area contributed by atoms with Crippen LogP contribution in [0.5, 0.6) is 0 Å². The number of nitrogens with one attached hydrogen (secondary N) is 2. The summed E-state index contributed by atoms with van der Waals surface area (Å²) in [5.74, 6) is -0.202. The Morgan fingerprint density at radius 3 is 2.19 bits per heavy atom. The monoisotopic (exact) mass is 374 g/mol. The van der Waals surface area contributed by atoms with E-state index in [1.54, 1.807) is 30.3 Å². The van der Waals surface area contributed by atoms with Gasteiger partial charge in [-0.3, -0.25) is 4.79 Å². The Morgan fingerprint density at radius 2 is 1.62 bits per heavy atom. The topological polar surface area (TPSA) is 75.3 Å². The minimum absolute atomic E-state index is 0.153. The maximum atomic E-state index is 12.7. The standard InChI is InChI=1S/C20H26N2O3S/c1-14(2)13-19(20(23)21-18-8-6-5-7-16(18)4)22-26(24,25)17-11-9-15(3)10-12-17/h5-12,14,19,22H,13H2,1-4H3,(H,21,23). The molecule has 0 heterocycles. The van der Waals surface area contributed by atoms with Gasteiger partial charge in [0.15, 0.2) is 0 Å². The SMILES string of the molecule is Cc1ccc(S(=O)(=O)NC(CC(C)C)C(=O)Nc2ccccc2C)cc1. The second-order valence-electron chi connectivity index (χ2n) is 6.92. The molecule has 1 amide bonds. The second-order valence-corrected chi connectivity index (χ2v) is 8.63. The van der Waals surface area contributed by atoms with Crippen molar-refractivity contribution < 1.29 is 13.2 Å². The first-order valence-corrected chi connectivity index (χ1v) is 10.1. The number of benzene rings is 2. The van der Waals surface area contributed by atoms with E-state index >= 15 is 0 Å². The summed E-state index contributed by atoms with van der Waals surface area (Å²) in [6, 6.07) is 13.1. The van der Waals surface area contributed by atoms with E-state index in [9.17, 15) is 13.2 Å². The number of anilines is 1. The minimum Gasteiger partial charge on any atom is -0.324 e. The van der Waals surface area contributed by atoms with Crippen LogP contribution >= 0.6 is 0 Å². The lowest BCUT2D eigenvalue weighted by Crippen LogP contribution is -2.44. The molecule has 0 saturated heterocycles. The van der Waals surface area contributed by atoms with Crippen molar-refractivity contribution in [3.63, 3.8) is 0 Å². The maximum Gasteiger partial charge on any atom is 0.242 e. The van der Waals surface area contributed by atoms with Crippen molar-refractivity contribution in [2.45, 2.75) is 45.1 Å². The van der Waals surface area contributed by atoms with Gasteiger partial charge >= 0.3 is 0 Å². The molecule has 0 radical (unpaired) electrons. The number of rotatable bonds is 7. The first-order chi connectivity index (χ1) is 12.2. The van der Waals surface area contributed by atoms with Gasteiger partial charge in [0.1, 0.15) is 6.04 Å². The Balaban J connectivity index is 2.22. The molecule has 2 aromatic rings. The minimum atomic E-state index is -3.78. The van der Waals surface area contributed by atoms with Crippen molar-refractivity contribution in [3.05, 3.63) is 59.7 Å². The smallest absolute Gasteiger partial charge is 0.242 e. The van der Waals surface area contributed by atoms with Gasteiger partial charge in [0, 0.05) is 5.69 Å². The van der Waals surface area contributed by atoms with Gasteiger partial charge < -0.3 is 5.32 Å². The normalized spacial score (nSPS) is 12.8. The third-order valence-electron chi connectivity index (χ3n) is 4.06. The predicted octanol–water partition coefficient (Wildman–Crippen LogP) is 3.64. The highest BCUT2D eigenvalue weighted by Crippen LogP contribution is 2.17. The van der Waals surface area contributed by atoms with E-state index in [-0.39, 0.29) is 16.7 Å². The molecular formula is C20H26N2O3S. The third kappa shape index (κ3) is 5.41. The molecule has 26 heavy (non-hydrogen) atoms. The average Bonchev–Trinajstić information content (AvgIpc) is 2.56. The van der Waals surface area contributed by atoms with Crippen LogP contribution in [0.4, 0.5) is 5.69 Å². The van der Waals surface area contributed by atoms with Crippen LogP contribution in [0.3, 0.4) is 0 Å². The van der Waals surface area contributed by atoms with Gasteiger partial charge in [-0.05, 0) is 49.9 Å². The predicted molar refractivity (Wildman–Crippen MR) is 105 cm³/mol. The van der Waals surface area contributed by atoms with E-state index in [4.69, 9.17) is 0 Å². The van der Waals surface area contributed by atoms with E-state index in [1.165, 1.54) is 0 Å². The Labute approximate surface area is 155 Å². The molecule has 2 N–H and O–H groups in total.